The van der Waals surface area contributed by atoms with Crippen LogP contribution >= 0.6 is 0 Å². The minimum Gasteiger partial charge on any atom is -0.334 e. The van der Waals surface area contributed by atoms with Gasteiger partial charge in [-0.1, -0.05) is 0 Å². The summed E-state index contributed by atoms with van der Waals surface area (Å²) in [4.78, 5) is 12.3. The Kier molecular flexibility index (Phi) is 3.79. The van der Waals surface area contributed by atoms with Crippen molar-refractivity contribution in [2.24, 2.45) is 5.73 Å². The molecule has 0 aromatic rings. The lowest BCUT2D eigenvalue weighted by Gasteiger charge is -2.15. The van der Waals surface area contributed by atoms with Crippen molar-refractivity contribution in [3.63, 3.8) is 0 Å². The Morgan fingerprint density at radius 1 is 1.70 bits per heavy atom. The fourth-order valence-corrected chi connectivity index (χ4v) is 0.399. The summed E-state index contributed by atoms with van der Waals surface area (Å²) in [5.74, 6) is 0. The van der Waals surface area contributed by atoms with Gasteiger partial charge in [0.15, 0.2) is 0 Å². The summed E-state index contributed by atoms with van der Waals surface area (Å²) in [7, 11) is 3.39. The number of nitrogens with zero attached hydrogens (tertiary/aromatic N) is 1. The van der Waals surface area contributed by atoms with Gasteiger partial charge in [0.2, 0.25) is 0 Å². The molecule has 60 valence electrons. The molecule has 0 aliphatic heterocycles. The van der Waals surface area contributed by atoms with Crippen LogP contribution in [0.4, 0.5) is 4.79 Å². The topological polar surface area (TPSA) is 58.4 Å². The van der Waals surface area contributed by atoms with Gasteiger partial charge in [-0.15, -0.1) is 0 Å². The highest BCUT2D eigenvalue weighted by Crippen LogP contribution is 1.80. The average molecular weight is 145 g/mol. The molecule has 2 amide bonds. The minimum absolute atomic E-state index is 0.0508. The van der Waals surface area contributed by atoms with E-state index in [1.54, 1.807) is 14.1 Å². The molecule has 0 aliphatic rings. The number of hydrogen-bond acceptors (Lipinski definition) is 2. The van der Waals surface area contributed by atoms with E-state index in [1.807, 2.05) is 6.92 Å². The SMILES string of the molecule is C[C@H](CN)NC(=O)N(C)C. The zero-order valence-electron chi connectivity index (χ0n) is 6.72. The molecule has 0 aromatic carbocycles. The summed E-state index contributed by atoms with van der Waals surface area (Å²) in [6, 6.07) is -0.0483. The van der Waals surface area contributed by atoms with E-state index in [9.17, 15) is 4.79 Å². The van der Waals surface area contributed by atoms with Crippen molar-refractivity contribution in [3.8, 4) is 0 Å². The Hall–Kier alpha value is -0.770. The van der Waals surface area contributed by atoms with Gasteiger partial charge in [-0.25, -0.2) is 4.79 Å². The van der Waals surface area contributed by atoms with Crippen molar-refractivity contribution in [1.29, 1.82) is 0 Å². The number of carbonyl (C=O) groups excluding carboxylic acids is 1. The third kappa shape index (κ3) is 3.29. The van der Waals surface area contributed by atoms with Crippen molar-refractivity contribution < 1.29 is 4.79 Å². The quantitative estimate of drug-likeness (QED) is 0.555. The predicted octanol–water partition coefficient (Wildman–Crippen LogP) is -0.395. The molecule has 0 unspecified atom stereocenters. The van der Waals surface area contributed by atoms with E-state index in [0.29, 0.717) is 6.54 Å². The van der Waals surface area contributed by atoms with E-state index >= 15 is 0 Å². The van der Waals surface area contributed by atoms with Gasteiger partial charge in [-0.3, -0.25) is 0 Å². The molecule has 0 fully saturated rings. The number of nitrogens with one attached hydrogen (secondary N) is 1. The van der Waals surface area contributed by atoms with E-state index in [4.69, 9.17) is 5.73 Å². The molecular formula is C6H15N3O. The number of urea groups is 1. The summed E-state index contributed by atoms with van der Waals surface area (Å²) in [6.07, 6.45) is 0. The van der Waals surface area contributed by atoms with Crippen molar-refractivity contribution in [3.05, 3.63) is 0 Å². The highest BCUT2D eigenvalue weighted by molar-refractivity contribution is 5.73. The highest BCUT2D eigenvalue weighted by Gasteiger charge is 2.05. The Morgan fingerprint density at radius 2 is 2.20 bits per heavy atom. The molecule has 0 radical (unpaired) electrons. The lowest BCUT2D eigenvalue weighted by atomic mass is 10.3. The van der Waals surface area contributed by atoms with Crippen LogP contribution in [-0.2, 0) is 0 Å². The lowest BCUT2D eigenvalue weighted by molar-refractivity contribution is 0.214. The van der Waals surface area contributed by atoms with Crippen LogP contribution < -0.4 is 11.1 Å². The van der Waals surface area contributed by atoms with Gasteiger partial charge in [0.1, 0.15) is 0 Å². The van der Waals surface area contributed by atoms with Gasteiger partial charge in [0.05, 0.1) is 0 Å². The van der Waals surface area contributed by atoms with Crippen LogP contribution in [0.25, 0.3) is 0 Å². The molecule has 0 rings (SSSR count). The molecule has 0 aliphatic carbocycles. The van der Waals surface area contributed by atoms with Gasteiger partial charge in [-0.2, -0.15) is 0 Å². The molecule has 10 heavy (non-hydrogen) atoms. The first-order chi connectivity index (χ1) is 4.57. The van der Waals surface area contributed by atoms with Crippen molar-refractivity contribution in [2.75, 3.05) is 20.6 Å². The van der Waals surface area contributed by atoms with Crippen molar-refractivity contribution >= 4 is 6.03 Å². The van der Waals surface area contributed by atoms with Crippen LogP contribution in [-0.4, -0.2) is 37.6 Å². The summed E-state index contributed by atoms with van der Waals surface area (Å²) in [5.41, 5.74) is 5.29. The monoisotopic (exact) mass is 145 g/mol. The van der Waals surface area contributed by atoms with Gasteiger partial charge < -0.3 is 16.0 Å². The predicted molar refractivity (Wildman–Crippen MR) is 40.7 cm³/mol. The number of hydrogen-bond donors (Lipinski definition) is 2. The average Bonchev–Trinajstić information content (AvgIpc) is 1.87. The molecule has 0 bridgehead atoms. The summed E-state index contributed by atoms with van der Waals surface area (Å²) in [5, 5.41) is 2.69. The Balaban J connectivity index is 3.57. The first-order valence-corrected chi connectivity index (χ1v) is 3.25. The maximum atomic E-state index is 10.9. The first kappa shape index (κ1) is 9.23. The van der Waals surface area contributed by atoms with Gasteiger partial charge in [-0.05, 0) is 6.92 Å². The van der Waals surface area contributed by atoms with E-state index in [-0.39, 0.29) is 12.1 Å². The molecule has 4 heteroatoms. The third-order valence-electron chi connectivity index (χ3n) is 1.13. The highest BCUT2D eigenvalue weighted by atomic mass is 16.2. The van der Waals surface area contributed by atoms with Crippen LogP contribution in [0.1, 0.15) is 6.92 Å². The minimum atomic E-state index is -0.0991. The van der Waals surface area contributed by atoms with E-state index in [1.165, 1.54) is 4.90 Å². The first-order valence-electron chi connectivity index (χ1n) is 3.25. The van der Waals surface area contributed by atoms with Crippen LogP contribution in [0.15, 0.2) is 0 Å². The summed E-state index contributed by atoms with van der Waals surface area (Å²) >= 11 is 0. The smallest absolute Gasteiger partial charge is 0.317 e. The maximum absolute atomic E-state index is 10.9. The normalized spacial score (nSPS) is 12.4. The second kappa shape index (κ2) is 4.11. The molecule has 3 N–H and O–H groups in total. The van der Waals surface area contributed by atoms with E-state index in [0.717, 1.165) is 0 Å². The van der Waals surface area contributed by atoms with E-state index in [2.05, 4.69) is 5.32 Å². The van der Waals surface area contributed by atoms with Crippen molar-refractivity contribution in [2.45, 2.75) is 13.0 Å². The standard InChI is InChI=1S/C6H15N3O/c1-5(4-7)8-6(10)9(2)3/h5H,4,7H2,1-3H3,(H,8,10)/t5-/m1/s1. The van der Waals surface area contributed by atoms with Crippen molar-refractivity contribution in [1.82, 2.24) is 10.2 Å². The molecule has 0 heterocycles. The van der Waals surface area contributed by atoms with Crippen LogP contribution in [0, 0.1) is 0 Å². The molecule has 0 saturated carbocycles. The largest absolute Gasteiger partial charge is 0.334 e. The number of amides is 2. The molecule has 0 spiro atoms. The molecule has 0 aromatic heterocycles. The zero-order valence-corrected chi connectivity index (χ0v) is 6.72. The van der Waals surface area contributed by atoms with Gasteiger partial charge in [0.25, 0.3) is 0 Å². The maximum Gasteiger partial charge on any atom is 0.317 e. The molecule has 1 atom stereocenters. The van der Waals surface area contributed by atoms with Crippen LogP contribution in [0.2, 0.25) is 0 Å². The zero-order chi connectivity index (χ0) is 8.15. The fraction of sp³-hybridized carbons (Fsp3) is 0.833. The Labute approximate surface area is 61.4 Å². The van der Waals surface area contributed by atoms with E-state index < -0.39 is 0 Å². The molecule has 0 saturated heterocycles. The third-order valence-corrected chi connectivity index (χ3v) is 1.13. The van der Waals surface area contributed by atoms with Gasteiger partial charge >= 0.3 is 6.03 Å². The lowest BCUT2D eigenvalue weighted by Crippen LogP contribution is -2.43. The number of carbonyl (C=O) groups is 1. The van der Waals surface area contributed by atoms with Crippen LogP contribution in [0.5, 0.6) is 0 Å². The summed E-state index contributed by atoms with van der Waals surface area (Å²) in [6.45, 7) is 2.33. The molecular weight excluding hydrogens is 130 g/mol. The summed E-state index contributed by atoms with van der Waals surface area (Å²) < 4.78 is 0. The molecule has 4 nitrogen and oxygen atoms in total. The number of rotatable bonds is 2. The fourth-order valence-electron chi connectivity index (χ4n) is 0.399. The Morgan fingerprint density at radius 3 is 2.50 bits per heavy atom. The Bertz CT molecular complexity index is 114. The number of nitrogens with two attached hydrogens (primary N) is 1. The second-order valence-electron chi connectivity index (χ2n) is 2.48. The van der Waals surface area contributed by atoms with Crippen LogP contribution in [0.3, 0.4) is 0 Å². The second-order valence-corrected chi connectivity index (χ2v) is 2.48. The van der Waals surface area contributed by atoms with Gasteiger partial charge in [0, 0.05) is 26.7 Å².